The maximum atomic E-state index is 10.6. The van der Waals surface area contributed by atoms with Crippen LogP contribution in [0, 0.1) is 11.8 Å². The van der Waals surface area contributed by atoms with E-state index in [1.165, 1.54) is 25.7 Å². The summed E-state index contributed by atoms with van der Waals surface area (Å²) in [7, 11) is 0. The Bertz CT molecular complexity index is 153. The molecular weight excluding hydrogens is 239 g/mol. The quantitative estimate of drug-likeness (QED) is 0.557. The summed E-state index contributed by atoms with van der Waals surface area (Å²) in [6.07, 6.45) is 5.43. The Balaban J connectivity index is 2.21. The van der Waals surface area contributed by atoms with Gasteiger partial charge in [-0.2, -0.15) is 0 Å². The second-order valence-corrected chi connectivity index (χ2v) is 4.67. The first-order valence-electron chi connectivity index (χ1n) is 4.46. The van der Waals surface area contributed by atoms with Crippen molar-refractivity contribution in [2.45, 2.75) is 32.1 Å². The molecule has 0 N–H and O–H groups in total. The van der Waals surface area contributed by atoms with Gasteiger partial charge in [-0.05, 0) is 49.1 Å². The minimum Gasteiger partial charge on any atom is -0.281 e. The maximum Gasteiger partial charge on any atom is 0.221 e. The minimum atomic E-state index is -0.169. The molecule has 0 aromatic heterocycles. The molecule has 0 heterocycles. The third-order valence-electron chi connectivity index (χ3n) is 2.63. The number of halogens is 2. The van der Waals surface area contributed by atoms with E-state index in [2.05, 4.69) is 15.9 Å². The van der Waals surface area contributed by atoms with Crippen LogP contribution in [-0.2, 0) is 4.79 Å². The van der Waals surface area contributed by atoms with Crippen LogP contribution < -0.4 is 0 Å². The molecule has 0 radical (unpaired) electrons. The predicted octanol–water partition coefficient (Wildman–Crippen LogP) is 3.34. The van der Waals surface area contributed by atoms with Crippen molar-refractivity contribution >= 4 is 32.8 Å². The summed E-state index contributed by atoms with van der Waals surface area (Å²) in [5.41, 5.74) is 0. The van der Waals surface area contributed by atoms with Crippen LogP contribution in [0.4, 0.5) is 0 Å². The topological polar surface area (TPSA) is 17.1 Å². The van der Waals surface area contributed by atoms with Gasteiger partial charge in [-0.3, -0.25) is 4.79 Å². The highest BCUT2D eigenvalue weighted by Gasteiger charge is 2.21. The Morgan fingerprint density at radius 2 is 1.75 bits per heavy atom. The van der Waals surface area contributed by atoms with E-state index in [-0.39, 0.29) is 5.24 Å². The maximum absolute atomic E-state index is 10.6. The lowest BCUT2D eigenvalue weighted by atomic mass is 9.82. The number of hydrogen-bond donors (Lipinski definition) is 0. The molecule has 1 aliphatic carbocycles. The number of rotatable bonds is 3. The molecule has 0 aromatic carbocycles. The summed E-state index contributed by atoms with van der Waals surface area (Å²) in [5.74, 6) is 1.39. The van der Waals surface area contributed by atoms with Crippen molar-refractivity contribution in [3.05, 3.63) is 0 Å². The number of carbonyl (C=O) groups excluding carboxylic acids is 1. The van der Waals surface area contributed by atoms with Crippen molar-refractivity contribution in [2.24, 2.45) is 11.8 Å². The number of carbonyl (C=O) groups is 1. The Hall–Kier alpha value is 0.440. The van der Waals surface area contributed by atoms with E-state index < -0.39 is 0 Å². The van der Waals surface area contributed by atoms with Crippen LogP contribution in [0.25, 0.3) is 0 Å². The first-order chi connectivity index (χ1) is 5.72. The molecule has 70 valence electrons. The Morgan fingerprint density at radius 3 is 2.17 bits per heavy atom. The molecule has 0 saturated heterocycles. The van der Waals surface area contributed by atoms with E-state index in [1.807, 2.05) is 0 Å². The molecule has 1 rings (SSSR count). The molecule has 1 fully saturated rings. The lowest BCUT2D eigenvalue weighted by molar-refractivity contribution is -0.112. The van der Waals surface area contributed by atoms with Gasteiger partial charge in [0, 0.05) is 11.8 Å². The second-order valence-electron chi connectivity index (χ2n) is 3.60. The monoisotopic (exact) mass is 252 g/mol. The summed E-state index contributed by atoms with van der Waals surface area (Å²) in [6, 6.07) is 0. The zero-order chi connectivity index (χ0) is 8.97. The summed E-state index contributed by atoms with van der Waals surface area (Å²) >= 11 is 8.82. The lowest BCUT2D eigenvalue weighted by Crippen LogP contribution is -2.16. The van der Waals surface area contributed by atoms with Crippen molar-refractivity contribution in [1.82, 2.24) is 0 Å². The largest absolute Gasteiger partial charge is 0.281 e. The third-order valence-corrected chi connectivity index (χ3v) is 3.70. The first-order valence-corrected chi connectivity index (χ1v) is 5.96. The lowest BCUT2D eigenvalue weighted by Gasteiger charge is -2.26. The van der Waals surface area contributed by atoms with Crippen molar-refractivity contribution in [2.75, 3.05) is 5.33 Å². The zero-order valence-electron chi connectivity index (χ0n) is 7.06. The van der Waals surface area contributed by atoms with Crippen molar-refractivity contribution in [3.8, 4) is 0 Å². The van der Waals surface area contributed by atoms with Crippen LogP contribution in [0.15, 0.2) is 0 Å². The highest BCUT2D eigenvalue weighted by molar-refractivity contribution is 9.09. The predicted molar refractivity (Wildman–Crippen MR) is 54.7 cm³/mol. The molecule has 3 heteroatoms. The first kappa shape index (κ1) is 10.5. The fourth-order valence-corrected chi connectivity index (χ4v) is 2.68. The van der Waals surface area contributed by atoms with Crippen LogP contribution in [0.2, 0.25) is 0 Å². The van der Waals surface area contributed by atoms with E-state index in [0.717, 1.165) is 11.2 Å². The molecule has 0 atom stereocenters. The van der Waals surface area contributed by atoms with Gasteiger partial charge in [0.2, 0.25) is 5.24 Å². The van der Waals surface area contributed by atoms with Gasteiger partial charge in [0.1, 0.15) is 0 Å². The van der Waals surface area contributed by atoms with E-state index in [0.29, 0.717) is 12.3 Å². The highest BCUT2D eigenvalue weighted by atomic mass is 79.9. The Labute approximate surface area is 87.0 Å². The molecule has 1 aliphatic rings. The summed E-state index contributed by atoms with van der Waals surface area (Å²) in [6.45, 7) is 0. The van der Waals surface area contributed by atoms with Crippen LogP contribution >= 0.6 is 27.5 Å². The summed E-state index contributed by atoms with van der Waals surface area (Å²) < 4.78 is 0. The molecule has 1 nitrogen and oxygen atoms in total. The molecular formula is C9H14BrClO. The average molecular weight is 254 g/mol. The van der Waals surface area contributed by atoms with E-state index in [9.17, 15) is 4.79 Å². The standard InChI is InChI=1S/C9H14BrClO/c10-6-8-3-1-7(2-4-8)5-9(11)12/h7-8H,1-6H2. The van der Waals surface area contributed by atoms with E-state index in [4.69, 9.17) is 11.6 Å². The second kappa shape index (κ2) is 5.23. The average Bonchev–Trinajstić information content (AvgIpc) is 2.05. The van der Waals surface area contributed by atoms with E-state index >= 15 is 0 Å². The SMILES string of the molecule is O=C(Cl)CC1CCC(CBr)CC1. The van der Waals surface area contributed by atoms with Crippen LogP contribution in [0.3, 0.4) is 0 Å². The molecule has 0 aliphatic heterocycles. The van der Waals surface area contributed by atoms with Gasteiger partial charge in [-0.15, -0.1) is 0 Å². The Morgan fingerprint density at radius 1 is 1.25 bits per heavy atom. The molecule has 0 bridgehead atoms. The highest BCUT2D eigenvalue weighted by Crippen LogP contribution is 2.31. The Kier molecular flexibility index (Phi) is 4.59. The van der Waals surface area contributed by atoms with Gasteiger partial charge in [-0.1, -0.05) is 15.9 Å². The van der Waals surface area contributed by atoms with Crippen LogP contribution in [0.5, 0.6) is 0 Å². The van der Waals surface area contributed by atoms with Gasteiger partial charge >= 0.3 is 0 Å². The smallest absolute Gasteiger partial charge is 0.221 e. The van der Waals surface area contributed by atoms with Gasteiger partial charge in [0.25, 0.3) is 0 Å². The number of alkyl halides is 1. The third kappa shape index (κ3) is 3.44. The molecule has 1 saturated carbocycles. The fraction of sp³-hybridized carbons (Fsp3) is 0.889. The molecule has 0 aromatic rings. The zero-order valence-corrected chi connectivity index (χ0v) is 9.40. The summed E-state index contributed by atoms with van der Waals surface area (Å²) in [5, 5.41) is 0.937. The molecule has 0 unspecified atom stereocenters. The van der Waals surface area contributed by atoms with Gasteiger partial charge < -0.3 is 0 Å². The van der Waals surface area contributed by atoms with Gasteiger partial charge in [0.15, 0.2) is 0 Å². The van der Waals surface area contributed by atoms with E-state index in [1.54, 1.807) is 0 Å². The van der Waals surface area contributed by atoms with Crippen LogP contribution in [0.1, 0.15) is 32.1 Å². The minimum absolute atomic E-state index is 0.169. The van der Waals surface area contributed by atoms with Crippen molar-refractivity contribution in [1.29, 1.82) is 0 Å². The van der Waals surface area contributed by atoms with Crippen molar-refractivity contribution < 1.29 is 4.79 Å². The normalized spacial score (nSPS) is 30.2. The fourth-order valence-electron chi connectivity index (χ4n) is 1.82. The van der Waals surface area contributed by atoms with Gasteiger partial charge in [-0.25, -0.2) is 0 Å². The molecule has 12 heavy (non-hydrogen) atoms. The number of hydrogen-bond acceptors (Lipinski definition) is 1. The molecule has 0 spiro atoms. The van der Waals surface area contributed by atoms with Crippen molar-refractivity contribution in [3.63, 3.8) is 0 Å². The van der Waals surface area contributed by atoms with Crippen LogP contribution in [-0.4, -0.2) is 10.6 Å². The molecule has 0 amide bonds. The summed E-state index contributed by atoms with van der Waals surface area (Å²) in [4.78, 5) is 10.6. The van der Waals surface area contributed by atoms with Gasteiger partial charge in [0.05, 0.1) is 0 Å².